The van der Waals surface area contributed by atoms with Crippen molar-refractivity contribution >= 4 is 55.5 Å². The number of ether oxygens (including phenoxy) is 1. The highest BCUT2D eigenvalue weighted by Gasteiger charge is 2.37. The highest BCUT2D eigenvalue weighted by Crippen LogP contribution is 2.43. The lowest BCUT2D eigenvalue weighted by atomic mass is 10.0. The third-order valence-electron chi connectivity index (χ3n) is 5.05. The van der Waals surface area contributed by atoms with Crippen LogP contribution >= 0.6 is 11.8 Å². The molecule has 150 valence electrons. The van der Waals surface area contributed by atoms with Crippen LogP contribution in [0.2, 0.25) is 0 Å². The number of aromatic nitrogens is 1. The van der Waals surface area contributed by atoms with Crippen LogP contribution in [0.4, 0.5) is 0 Å². The van der Waals surface area contributed by atoms with Crippen molar-refractivity contribution in [3.05, 3.63) is 71.8 Å². The summed E-state index contributed by atoms with van der Waals surface area (Å²) >= 11 is 1.32. The molecule has 8 heteroatoms. The molecule has 2 heterocycles. The maximum atomic E-state index is 13.7. The molecule has 0 saturated heterocycles. The van der Waals surface area contributed by atoms with Gasteiger partial charge in [-0.1, -0.05) is 43.3 Å². The first kappa shape index (κ1) is 18.9. The van der Waals surface area contributed by atoms with Crippen molar-refractivity contribution in [1.82, 2.24) is 3.97 Å². The van der Waals surface area contributed by atoms with Crippen molar-refractivity contribution in [2.75, 3.05) is 5.75 Å². The second-order valence-corrected chi connectivity index (χ2v) is 9.80. The van der Waals surface area contributed by atoms with Gasteiger partial charge in [0.05, 0.1) is 27.1 Å². The zero-order valence-corrected chi connectivity index (χ0v) is 17.4. The van der Waals surface area contributed by atoms with E-state index in [1.54, 1.807) is 36.4 Å². The van der Waals surface area contributed by atoms with Gasteiger partial charge in [0.1, 0.15) is 0 Å². The fourth-order valence-electron chi connectivity index (χ4n) is 3.84. The van der Waals surface area contributed by atoms with E-state index in [0.717, 1.165) is 0 Å². The van der Waals surface area contributed by atoms with Gasteiger partial charge in [-0.2, -0.15) is 0 Å². The number of hydrogen-bond acceptors (Lipinski definition) is 6. The number of thioether (sulfide) groups is 1. The van der Waals surface area contributed by atoms with Crippen molar-refractivity contribution < 1.29 is 22.7 Å². The third kappa shape index (κ3) is 2.54. The van der Waals surface area contributed by atoms with E-state index < -0.39 is 22.0 Å². The molecule has 1 aliphatic heterocycles. The molecule has 4 aromatic rings. The van der Waals surface area contributed by atoms with Gasteiger partial charge in [0.25, 0.3) is 10.0 Å². The average Bonchev–Trinajstić information content (AvgIpc) is 3.23. The van der Waals surface area contributed by atoms with E-state index in [9.17, 15) is 18.0 Å². The molecule has 5 rings (SSSR count). The minimum absolute atomic E-state index is 0.131. The molecule has 0 aliphatic carbocycles. The maximum absolute atomic E-state index is 13.7. The van der Waals surface area contributed by atoms with Crippen molar-refractivity contribution in [1.29, 1.82) is 0 Å². The predicted octanol–water partition coefficient (Wildman–Crippen LogP) is 4.45. The first-order valence-electron chi connectivity index (χ1n) is 9.25. The lowest BCUT2D eigenvalue weighted by Gasteiger charge is -2.13. The molecular formula is C22H15NO5S2. The number of carbonyl (C=O) groups excluding carboxylic acids is 2. The van der Waals surface area contributed by atoms with Gasteiger partial charge in [0.15, 0.2) is 0 Å². The molecular weight excluding hydrogens is 422 g/mol. The Morgan fingerprint density at radius 2 is 1.63 bits per heavy atom. The van der Waals surface area contributed by atoms with Crippen molar-refractivity contribution in [3.8, 4) is 0 Å². The smallest absolute Gasteiger partial charge is 0.348 e. The van der Waals surface area contributed by atoms with Gasteiger partial charge < -0.3 is 4.74 Å². The van der Waals surface area contributed by atoms with E-state index in [1.807, 2.05) is 19.1 Å². The van der Waals surface area contributed by atoms with E-state index in [2.05, 4.69) is 0 Å². The summed E-state index contributed by atoms with van der Waals surface area (Å²) in [7, 11) is -3.97. The Kier molecular flexibility index (Phi) is 4.23. The van der Waals surface area contributed by atoms with E-state index in [1.165, 1.54) is 27.9 Å². The van der Waals surface area contributed by atoms with Crippen LogP contribution in [0, 0.1) is 0 Å². The van der Waals surface area contributed by atoms with Gasteiger partial charge in [0.2, 0.25) is 0 Å². The molecule has 6 nitrogen and oxygen atoms in total. The van der Waals surface area contributed by atoms with Gasteiger partial charge >= 0.3 is 11.9 Å². The number of rotatable bonds is 4. The van der Waals surface area contributed by atoms with E-state index in [-0.39, 0.29) is 16.0 Å². The average molecular weight is 437 g/mol. The molecule has 1 aliphatic rings. The van der Waals surface area contributed by atoms with Crippen LogP contribution in [0.3, 0.4) is 0 Å². The number of esters is 2. The molecule has 3 aromatic carbocycles. The molecule has 0 radical (unpaired) electrons. The van der Waals surface area contributed by atoms with Crippen LogP contribution in [-0.4, -0.2) is 30.1 Å². The number of nitrogens with zero attached hydrogens (tertiary/aromatic N) is 1. The van der Waals surface area contributed by atoms with Gasteiger partial charge in [-0.25, -0.2) is 22.0 Å². The Balaban J connectivity index is 2.02. The van der Waals surface area contributed by atoms with E-state index >= 15 is 0 Å². The summed E-state index contributed by atoms with van der Waals surface area (Å²) in [4.78, 5) is 25.3. The van der Waals surface area contributed by atoms with Gasteiger partial charge in [-0.3, -0.25) is 0 Å². The Hall–Kier alpha value is -3.10. The fraction of sp³-hybridized carbons (Fsp3) is 0.0909. The van der Waals surface area contributed by atoms with Crippen LogP contribution in [0.1, 0.15) is 27.6 Å². The van der Waals surface area contributed by atoms with Crippen molar-refractivity contribution in [2.24, 2.45) is 0 Å². The molecule has 0 unspecified atom stereocenters. The maximum Gasteiger partial charge on any atom is 0.348 e. The van der Waals surface area contributed by atoms with Crippen LogP contribution in [0.5, 0.6) is 0 Å². The molecule has 30 heavy (non-hydrogen) atoms. The zero-order chi connectivity index (χ0) is 21.0. The Bertz CT molecular complexity index is 1470. The van der Waals surface area contributed by atoms with E-state index in [0.29, 0.717) is 32.5 Å². The normalized spacial score (nSPS) is 13.8. The third-order valence-corrected chi connectivity index (χ3v) is 7.75. The van der Waals surface area contributed by atoms with Crippen molar-refractivity contribution in [3.63, 3.8) is 0 Å². The SMILES string of the molecule is CCSc1c2c(cc3c4ccccc4n(S(=O)(=O)c4ccccc4)c13)C(=O)OC2=O. The fourth-order valence-corrected chi connectivity index (χ4v) is 6.42. The number of para-hydroxylation sites is 1. The number of benzene rings is 3. The summed E-state index contributed by atoms with van der Waals surface area (Å²) < 4.78 is 33.5. The van der Waals surface area contributed by atoms with Crippen LogP contribution in [-0.2, 0) is 14.8 Å². The highest BCUT2D eigenvalue weighted by atomic mass is 32.2. The molecule has 0 spiro atoms. The number of hydrogen-bond donors (Lipinski definition) is 0. The van der Waals surface area contributed by atoms with Gasteiger partial charge in [-0.05, 0) is 30.0 Å². The first-order valence-corrected chi connectivity index (χ1v) is 11.7. The second kappa shape index (κ2) is 6.72. The van der Waals surface area contributed by atoms with Crippen LogP contribution in [0.15, 0.2) is 70.5 Å². The molecule has 1 aromatic heterocycles. The second-order valence-electron chi connectivity index (χ2n) is 6.73. The number of carbonyl (C=O) groups is 2. The lowest BCUT2D eigenvalue weighted by Crippen LogP contribution is -2.13. The predicted molar refractivity (Wildman–Crippen MR) is 115 cm³/mol. The molecule has 0 saturated carbocycles. The highest BCUT2D eigenvalue weighted by molar-refractivity contribution is 7.99. The minimum Gasteiger partial charge on any atom is -0.386 e. The summed E-state index contributed by atoms with van der Waals surface area (Å²) in [5, 5.41) is 1.27. The number of cyclic esters (lactones) is 2. The number of fused-ring (bicyclic) bond motifs is 4. The monoisotopic (exact) mass is 437 g/mol. The largest absolute Gasteiger partial charge is 0.386 e. The summed E-state index contributed by atoms with van der Waals surface area (Å²) in [6.45, 7) is 1.90. The first-order chi connectivity index (χ1) is 14.4. The summed E-state index contributed by atoms with van der Waals surface area (Å²) in [6, 6.07) is 16.8. The molecule has 0 bridgehead atoms. The zero-order valence-electron chi connectivity index (χ0n) is 15.8. The summed E-state index contributed by atoms with van der Waals surface area (Å²) in [5.74, 6) is -0.876. The van der Waals surface area contributed by atoms with Gasteiger partial charge in [-0.15, -0.1) is 11.8 Å². The van der Waals surface area contributed by atoms with Crippen LogP contribution < -0.4 is 0 Å². The van der Waals surface area contributed by atoms with Crippen molar-refractivity contribution in [2.45, 2.75) is 16.7 Å². The standard InChI is InChI=1S/C22H15NO5S2/c1-2-29-20-18-16(21(24)28-22(18)25)12-15-14-10-6-7-11-17(14)23(19(15)20)30(26,27)13-8-4-3-5-9-13/h3-12H,2H2,1H3. The lowest BCUT2D eigenvalue weighted by molar-refractivity contribution is 0.0442. The molecule has 0 N–H and O–H groups in total. The molecule has 0 fully saturated rings. The Labute approximate surface area is 176 Å². The van der Waals surface area contributed by atoms with Gasteiger partial charge in [0, 0.05) is 15.7 Å². The summed E-state index contributed by atoms with van der Waals surface area (Å²) in [6.07, 6.45) is 0. The molecule has 0 amide bonds. The summed E-state index contributed by atoms with van der Waals surface area (Å²) in [5.41, 5.74) is 1.17. The Morgan fingerprint density at radius 3 is 2.37 bits per heavy atom. The van der Waals surface area contributed by atoms with Crippen LogP contribution in [0.25, 0.3) is 21.8 Å². The Morgan fingerprint density at radius 1 is 0.933 bits per heavy atom. The topological polar surface area (TPSA) is 82.4 Å². The quantitative estimate of drug-likeness (QED) is 0.266. The van der Waals surface area contributed by atoms with E-state index in [4.69, 9.17) is 4.74 Å². The molecule has 0 atom stereocenters. The minimum atomic E-state index is -3.97.